The van der Waals surface area contributed by atoms with Crippen LogP contribution >= 0.6 is 46.4 Å². The fraction of sp³-hybridized carbons (Fsp3) is 0. The molecule has 0 aliphatic rings. The third kappa shape index (κ3) is 2.62. The highest BCUT2D eigenvalue weighted by atomic mass is 35.5. The van der Waals surface area contributed by atoms with Crippen LogP contribution in [0.25, 0.3) is 11.1 Å². The Labute approximate surface area is 123 Å². The molecule has 0 aliphatic heterocycles. The summed E-state index contributed by atoms with van der Waals surface area (Å²) in [6.45, 7) is 0. The summed E-state index contributed by atoms with van der Waals surface area (Å²) in [7, 11) is 0. The second-order valence-electron chi connectivity index (χ2n) is 3.44. The number of aromatic nitrogens is 1. The predicted molar refractivity (Wildman–Crippen MR) is 75.1 cm³/mol. The van der Waals surface area contributed by atoms with E-state index in [1.54, 1.807) is 18.2 Å². The molecule has 2 rings (SSSR count). The Morgan fingerprint density at radius 1 is 1.00 bits per heavy atom. The van der Waals surface area contributed by atoms with E-state index in [9.17, 15) is 4.79 Å². The Bertz CT molecular complexity index is 604. The second-order valence-corrected chi connectivity index (χ2v) is 5.05. The van der Waals surface area contributed by atoms with E-state index in [1.807, 2.05) is 0 Å². The molecule has 0 saturated carbocycles. The zero-order valence-electron chi connectivity index (χ0n) is 8.75. The molecule has 2 nitrogen and oxygen atoms in total. The highest BCUT2D eigenvalue weighted by molar-refractivity contribution is 6.43. The van der Waals surface area contributed by atoms with Crippen LogP contribution in [0, 0.1) is 0 Å². The molecule has 0 fully saturated rings. The van der Waals surface area contributed by atoms with E-state index in [0.717, 1.165) is 0 Å². The van der Waals surface area contributed by atoms with Crippen LogP contribution in [-0.4, -0.2) is 11.3 Å². The number of halogens is 4. The van der Waals surface area contributed by atoms with Gasteiger partial charge in [-0.15, -0.1) is 0 Å². The minimum atomic E-state index is 0.158. The maximum absolute atomic E-state index is 10.6. The van der Waals surface area contributed by atoms with Gasteiger partial charge in [0.15, 0.2) is 6.29 Å². The van der Waals surface area contributed by atoms with E-state index in [2.05, 4.69) is 4.98 Å². The van der Waals surface area contributed by atoms with Crippen molar-refractivity contribution in [1.82, 2.24) is 4.98 Å². The van der Waals surface area contributed by atoms with Crippen LogP contribution in [-0.2, 0) is 0 Å². The molecular formula is C12H5Cl4NO. The third-order valence-corrected chi connectivity index (χ3v) is 3.37. The lowest BCUT2D eigenvalue weighted by atomic mass is 10.1. The van der Waals surface area contributed by atoms with Gasteiger partial charge in [-0.05, 0) is 24.3 Å². The monoisotopic (exact) mass is 319 g/mol. The average Bonchev–Trinajstić information content (AvgIpc) is 2.29. The molecule has 0 amide bonds. The number of aldehydes is 1. The molecule has 0 N–H and O–H groups in total. The van der Waals surface area contributed by atoms with E-state index < -0.39 is 0 Å². The van der Waals surface area contributed by atoms with Crippen molar-refractivity contribution < 1.29 is 4.79 Å². The number of rotatable bonds is 2. The fourth-order valence-corrected chi connectivity index (χ4v) is 2.78. The minimum Gasteiger partial charge on any atom is -0.296 e. The normalized spacial score (nSPS) is 10.4. The minimum absolute atomic E-state index is 0.158. The van der Waals surface area contributed by atoms with Crippen molar-refractivity contribution in [3.05, 3.63) is 50.2 Å². The average molecular weight is 321 g/mol. The molecular weight excluding hydrogens is 316 g/mol. The second kappa shape index (κ2) is 5.45. The lowest BCUT2D eigenvalue weighted by molar-refractivity contribution is 0.111. The van der Waals surface area contributed by atoms with Gasteiger partial charge in [0.05, 0.1) is 10.0 Å². The molecule has 92 valence electrons. The SMILES string of the molecule is O=Cc1ccc(-c2c(Cl)cc(Cl)cc2Cl)c(Cl)n1. The van der Waals surface area contributed by atoms with Gasteiger partial charge in [-0.25, -0.2) is 4.98 Å². The van der Waals surface area contributed by atoms with Crippen molar-refractivity contribution >= 4 is 52.7 Å². The van der Waals surface area contributed by atoms with Crippen LogP contribution in [0.3, 0.4) is 0 Å². The maximum Gasteiger partial charge on any atom is 0.168 e. The number of nitrogens with zero attached hydrogens (tertiary/aromatic N) is 1. The van der Waals surface area contributed by atoms with Crippen molar-refractivity contribution in [3.8, 4) is 11.1 Å². The molecule has 0 radical (unpaired) electrons. The molecule has 2 aromatic rings. The van der Waals surface area contributed by atoms with Crippen molar-refractivity contribution in [2.75, 3.05) is 0 Å². The van der Waals surface area contributed by atoms with Crippen molar-refractivity contribution in [2.24, 2.45) is 0 Å². The molecule has 1 aromatic heterocycles. The highest BCUT2D eigenvalue weighted by Crippen LogP contribution is 2.39. The number of carbonyl (C=O) groups is 1. The van der Waals surface area contributed by atoms with Gasteiger partial charge in [0.25, 0.3) is 0 Å². The van der Waals surface area contributed by atoms with Crippen molar-refractivity contribution in [2.45, 2.75) is 0 Å². The third-order valence-electron chi connectivity index (χ3n) is 2.27. The molecule has 0 spiro atoms. The first-order valence-corrected chi connectivity index (χ1v) is 6.30. The predicted octanol–water partition coefficient (Wildman–Crippen LogP) is 5.17. The van der Waals surface area contributed by atoms with Gasteiger partial charge in [-0.2, -0.15) is 0 Å². The van der Waals surface area contributed by atoms with Crippen LogP contribution in [0.2, 0.25) is 20.2 Å². The fourth-order valence-electron chi connectivity index (χ4n) is 1.50. The lowest BCUT2D eigenvalue weighted by Gasteiger charge is -2.09. The Hall–Kier alpha value is -0.800. The zero-order valence-corrected chi connectivity index (χ0v) is 11.8. The van der Waals surface area contributed by atoms with Crippen LogP contribution < -0.4 is 0 Å². The lowest BCUT2D eigenvalue weighted by Crippen LogP contribution is -1.91. The Morgan fingerprint density at radius 2 is 1.61 bits per heavy atom. The molecule has 1 heterocycles. The number of carbonyl (C=O) groups excluding carboxylic acids is 1. The Balaban J connectivity index is 2.66. The first-order chi connectivity index (χ1) is 8.52. The topological polar surface area (TPSA) is 30.0 Å². The molecule has 0 aliphatic carbocycles. The molecule has 1 aromatic carbocycles. The quantitative estimate of drug-likeness (QED) is 0.564. The van der Waals surface area contributed by atoms with Crippen LogP contribution in [0.4, 0.5) is 0 Å². The van der Waals surface area contributed by atoms with Gasteiger partial charge in [-0.3, -0.25) is 4.79 Å². The summed E-state index contributed by atoms with van der Waals surface area (Å²) in [5.41, 5.74) is 1.33. The van der Waals surface area contributed by atoms with Crippen LogP contribution in [0.15, 0.2) is 24.3 Å². The smallest absolute Gasteiger partial charge is 0.168 e. The van der Waals surface area contributed by atoms with Gasteiger partial charge in [0, 0.05) is 16.1 Å². The van der Waals surface area contributed by atoms with Crippen LogP contribution in [0.5, 0.6) is 0 Å². The summed E-state index contributed by atoms with van der Waals surface area (Å²) >= 11 is 24.0. The Kier molecular flexibility index (Phi) is 4.13. The van der Waals surface area contributed by atoms with E-state index >= 15 is 0 Å². The number of benzene rings is 1. The molecule has 0 bridgehead atoms. The number of hydrogen-bond acceptors (Lipinski definition) is 2. The van der Waals surface area contributed by atoms with Gasteiger partial charge in [0.1, 0.15) is 10.8 Å². The summed E-state index contributed by atoms with van der Waals surface area (Å²) in [5, 5.41) is 1.33. The number of pyridine rings is 1. The van der Waals surface area contributed by atoms with E-state index in [-0.39, 0.29) is 10.8 Å². The molecule has 18 heavy (non-hydrogen) atoms. The van der Waals surface area contributed by atoms with Crippen LogP contribution in [0.1, 0.15) is 10.5 Å². The Morgan fingerprint density at radius 3 is 2.11 bits per heavy atom. The van der Waals surface area contributed by atoms with E-state index in [0.29, 0.717) is 32.5 Å². The molecule has 0 atom stereocenters. The standard InChI is InChI=1S/C12H5Cl4NO/c13-6-3-9(14)11(10(15)4-6)8-2-1-7(5-18)17-12(8)16/h1-5H. The van der Waals surface area contributed by atoms with Gasteiger partial charge in [-0.1, -0.05) is 46.4 Å². The summed E-state index contributed by atoms with van der Waals surface area (Å²) in [6.07, 6.45) is 0.612. The molecule has 0 saturated heterocycles. The summed E-state index contributed by atoms with van der Waals surface area (Å²) < 4.78 is 0. The maximum atomic E-state index is 10.6. The van der Waals surface area contributed by atoms with Gasteiger partial charge in [0.2, 0.25) is 0 Å². The highest BCUT2D eigenvalue weighted by Gasteiger charge is 2.14. The number of hydrogen-bond donors (Lipinski definition) is 0. The first kappa shape index (κ1) is 13.6. The van der Waals surface area contributed by atoms with E-state index in [4.69, 9.17) is 46.4 Å². The van der Waals surface area contributed by atoms with Gasteiger partial charge >= 0.3 is 0 Å². The van der Waals surface area contributed by atoms with E-state index in [1.165, 1.54) is 6.07 Å². The summed E-state index contributed by atoms with van der Waals surface area (Å²) in [4.78, 5) is 14.5. The van der Waals surface area contributed by atoms with Gasteiger partial charge < -0.3 is 0 Å². The molecule has 6 heteroatoms. The zero-order chi connectivity index (χ0) is 13.3. The summed E-state index contributed by atoms with van der Waals surface area (Å²) in [5.74, 6) is 0. The first-order valence-electron chi connectivity index (χ1n) is 4.79. The van der Waals surface area contributed by atoms with Crippen molar-refractivity contribution in [1.29, 1.82) is 0 Å². The summed E-state index contributed by atoms with van der Waals surface area (Å²) in [6, 6.07) is 6.30. The largest absolute Gasteiger partial charge is 0.296 e. The molecule has 0 unspecified atom stereocenters. The van der Waals surface area contributed by atoms with Crippen molar-refractivity contribution in [3.63, 3.8) is 0 Å².